The molecule has 3 atom stereocenters. The summed E-state index contributed by atoms with van der Waals surface area (Å²) in [4.78, 5) is 0. The molecule has 14 heavy (non-hydrogen) atoms. The Labute approximate surface area is 82.3 Å². The van der Waals surface area contributed by atoms with Gasteiger partial charge in [0.2, 0.25) is 0 Å². The zero-order valence-electron chi connectivity index (χ0n) is 8.36. The third-order valence-electron chi connectivity index (χ3n) is 3.42. The van der Waals surface area contributed by atoms with Gasteiger partial charge in [-0.1, -0.05) is 0 Å². The molecule has 2 fully saturated rings. The summed E-state index contributed by atoms with van der Waals surface area (Å²) >= 11 is 0. The van der Waals surface area contributed by atoms with Crippen LogP contribution in [0.15, 0.2) is 0 Å². The van der Waals surface area contributed by atoms with Crippen LogP contribution in [0.4, 0.5) is 0 Å². The second-order valence-corrected chi connectivity index (χ2v) is 4.50. The molecule has 3 N–H and O–H groups in total. The van der Waals surface area contributed by atoms with Gasteiger partial charge in [-0.15, -0.1) is 0 Å². The summed E-state index contributed by atoms with van der Waals surface area (Å²) in [6, 6.07) is 0. The van der Waals surface area contributed by atoms with E-state index in [1.165, 1.54) is 0 Å². The van der Waals surface area contributed by atoms with Crippen LogP contribution in [0.3, 0.4) is 0 Å². The SMILES string of the molecule is CC1(C(O)(C(O)CO)C2(C)CO2)CO1. The minimum atomic E-state index is -1.53. The number of hydrogen-bond acceptors (Lipinski definition) is 5. The van der Waals surface area contributed by atoms with Crippen LogP contribution >= 0.6 is 0 Å². The lowest BCUT2D eigenvalue weighted by Gasteiger charge is -2.38. The van der Waals surface area contributed by atoms with E-state index in [0.717, 1.165) is 0 Å². The van der Waals surface area contributed by atoms with Gasteiger partial charge in [-0.05, 0) is 13.8 Å². The third-order valence-corrected chi connectivity index (χ3v) is 3.42. The second-order valence-electron chi connectivity index (χ2n) is 4.50. The molecule has 0 bridgehead atoms. The van der Waals surface area contributed by atoms with E-state index in [2.05, 4.69) is 0 Å². The molecular formula is C9H16O5. The van der Waals surface area contributed by atoms with Crippen molar-refractivity contribution in [2.75, 3.05) is 19.8 Å². The average molecular weight is 204 g/mol. The van der Waals surface area contributed by atoms with Gasteiger partial charge in [0, 0.05) is 0 Å². The van der Waals surface area contributed by atoms with Crippen molar-refractivity contribution in [1.82, 2.24) is 0 Å². The van der Waals surface area contributed by atoms with Crippen LogP contribution in [-0.4, -0.2) is 58.0 Å². The van der Waals surface area contributed by atoms with Gasteiger partial charge >= 0.3 is 0 Å². The fourth-order valence-electron chi connectivity index (χ4n) is 2.05. The molecule has 0 spiro atoms. The first-order chi connectivity index (χ1) is 6.40. The van der Waals surface area contributed by atoms with Crippen LogP contribution in [0.5, 0.6) is 0 Å². The quantitative estimate of drug-likeness (QED) is 0.493. The van der Waals surface area contributed by atoms with Crippen LogP contribution in [0.2, 0.25) is 0 Å². The molecule has 2 heterocycles. The molecule has 5 heteroatoms. The summed E-state index contributed by atoms with van der Waals surface area (Å²) in [5.74, 6) is 0. The van der Waals surface area contributed by atoms with Gasteiger partial charge in [-0.2, -0.15) is 0 Å². The van der Waals surface area contributed by atoms with E-state index in [1.54, 1.807) is 13.8 Å². The molecule has 82 valence electrons. The molecule has 0 saturated carbocycles. The van der Waals surface area contributed by atoms with Crippen LogP contribution < -0.4 is 0 Å². The van der Waals surface area contributed by atoms with Crippen molar-refractivity contribution in [1.29, 1.82) is 0 Å². The standard InChI is InChI=1S/C9H16O5/c1-7(4-13-7)9(12,6(11)3-10)8(2)5-14-8/h6,10-12H,3-5H2,1-2H3. The number of ether oxygens (including phenoxy) is 2. The van der Waals surface area contributed by atoms with Crippen molar-refractivity contribution >= 4 is 0 Å². The highest BCUT2D eigenvalue weighted by Gasteiger charge is 2.73. The number of rotatable bonds is 4. The van der Waals surface area contributed by atoms with Gasteiger partial charge in [0.05, 0.1) is 19.8 Å². The van der Waals surface area contributed by atoms with E-state index >= 15 is 0 Å². The Balaban J connectivity index is 2.29. The first-order valence-corrected chi connectivity index (χ1v) is 4.69. The summed E-state index contributed by atoms with van der Waals surface area (Å²) in [7, 11) is 0. The van der Waals surface area contributed by atoms with Gasteiger partial charge < -0.3 is 24.8 Å². The van der Waals surface area contributed by atoms with E-state index in [4.69, 9.17) is 14.6 Å². The van der Waals surface area contributed by atoms with E-state index in [-0.39, 0.29) is 0 Å². The van der Waals surface area contributed by atoms with E-state index < -0.39 is 29.5 Å². The first kappa shape index (κ1) is 10.3. The maximum atomic E-state index is 10.4. The predicted octanol–water partition coefficient (Wildman–Crippen LogP) is -1.35. The summed E-state index contributed by atoms with van der Waals surface area (Å²) in [5, 5.41) is 29.0. The second kappa shape index (κ2) is 2.68. The summed E-state index contributed by atoms with van der Waals surface area (Å²) < 4.78 is 10.3. The van der Waals surface area contributed by atoms with E-state index in [9.17, 15) is 10.2 Å². The van der Waals surface area contributed by atoms with Crippen molar-refractivity contribution < 1.29 is 24.8 Å². The van der Waals surface area contributed by atoms with Gasteiger partial charge in [-0.3, -0.25) is 0 Å². The smallest absolute Gasteiger partial charge is 0.154 e. The Morgan fingerprint density at radius 1 is 1.29 bits per heavy atom. The normalized spacial score (nSPS) is 46.9. The number of hydrogen-bond donors (Lipinski definition) is 3. The zero-order valence-corrected chi connectivity index (χ0v) is 8.36. The molecular weight excluding hydrogens is 188 g/mol. The fourth-order valence-corrected chi connectivity index (χ4v) is 2.05. The van der Waals surface area contributed by atoms with E-state index in [1.807, 2.05) is 0 Å². The first-order valence-electron chi connectivity index (χ1n) is 4.69. The molecule has 3 unspecified atom stereocenters. The average Bonchev–Trinajstić information content (AvgIpc) is 3.04. The largest absolute Gasteiger partial charge is 0.394 e. The number of aliphatic hydroxyl groups excluding tert-OH is 2. The molecule has 0 aromatic carbocycles. The van der Waals surface area contributed by atoms with E-state index in [0.29, 0.717) is 13.2 Å². The molecule has 0 amide bonds. The topological polar surface area (TPSA) is 85.8 Å². The fraction of sp³-hybridized carbons (Fsp3) is 1.00. The van der Waals surface area contributed by atoms with Crippen molar-refractivity contribution in [2.45, 2.75) is 36.8 Å². The van der Waals surface area contributed by atoms with Crippen LogP contribution in [0.25, 0.3) is 0 Å². The molecule has 0 aliphatic carbocycles. The van der Waals surface area contributed by atoms with Crippen LogP contribution in [0.1, 0.15) is 13.8 Å². The minimum absolute atomic E-state index is 0.375. The van der Waals surface area contributed by atoms with Gasteiger partial charge in [0.15, 0.2) is 5.60 Å². The van der Waals surface area contributed by atoms with Crippen LogP contribution in [0, 0.1) is 0 Å². The predicted molar refractivity (Wildman–Crippen MR) is 46.8 cm³/mol. The Bertz CT molecular complexity index is 226. The summed E-state index contributed by atoms with van der Waals surface area (Å²) in [6.45, 7) is 3.66. The molecule has 0 aromatic rings. The minimum Gasteiger partial charge on any atom is -0.394 e. The lowest BCUT2D eigenvalue weighted by atomic mass is 9.74. The maximum absolute atomic E-state index is 10.4. The van der Waals surface area contributed by atoms with Crippen molar-refractivity contribution in [3.8, 4) is 0 Å². The van der Waals surface area contributed by atoms with Gasteiger partial charge in [-0.25, -0.2) is 0 Å². The zero-order chi connectivity index (χ0) is 10.6. The van der Waals surface area contributed by atoms with Crippen molar-refractivity contribution in [3.63, 3.8) is 0 Å². The molecule has 2 saturated heterocycles. The highest BCUT2D eigenvalue weighted by atomic mass is 16.6. The molecule has 0 radical (unpaired) electrons. The van der Waals surface area contributed by atoms with Gasteiger partial charge in [0.25, 0.3) is 0 Å². The molecule has 5 nitrogen and oxygen atoms in total. The van der Waals surface area contributed by atoms with Crippen molar-refractivity contribution in [3.05, 3.63) is 0 Å². The van der Waals surface area contributed by atoms with Crippen LogP contribution in [-0.2, 0) is 9.47 Å². The Morgan fingerprint density at radius 2 is 1.64 bits per heavy atom. The third kappa shape index (κ3) is 1.07. The monoisotopic (exact) mass is 204 g/mol. The maximum Gasteiger partial charge on any atom is 0.154 e. The number of epoxide rings is 2. The lowest BCUT2D eigenvalue weighted by molar-refractivity contribution is -0.170. The molecule has 0 aromatic heterocycles. The highest BCUT2D eigenvalue weighted by Crippen LogP contribution is 2.52. The Kier molecular flexibility index (Phi) is 1.97. The number of aliphatic hydroxyl groups is 3. The molecule has 2 aliphatic heterocycles. The summed E-state index contributed by atoms with van der Waals surface area (Å²) in [6.07, 6.45) is -1.25. The highest BCUT2D eigenvalue weighted by molar-refractivity contribution is 5.22. The Morgan fingerprint density at radius 3 is 1.86 bits per heavy atom. The summed E-state index contributed by atoms with van der Waals surface area (Å²) in [5.41, 5.74) is -3.14. The molecule has 2 aliphatic rings. The molecule has 2 rings (SSSR count). The van der Waals surface area contributed by atoms with Gasteiger partial charge in [0.1, 0.15) is 17.3 Å². The Hall–Kier alpha value is -0.200. The lowest BCUT2D eigenvalue weighted by Crippen LogP contribution is -2.63. The van der Waals surface area contributed by atoms with Crippen molar-refractivity contribution in [2.24, 2.45) is 0 Å².